The summed E-state index contributed by atoms with van der Waals surface area (Å²) >= 11 is 0. The van der Waals surface area contributed by atoms with E-state index < -0.39 is 6.04 Å². The van der Waals surface area contributed by atoms with E-state index in [4.69, 9.17) is 5.73 Å². The van der Waals surface area contributed by atoms with Gasteiger partial charge in [0.1, 0.15) is 5.82 Å². The maximum absolute atomic E-state index is 13.0. The Morgan fingerprint density at radius 1 is 1.09 bits per heavy atom. The van der Waals surface area contributed by atoms with Gasteiger partial charge in [0.05, 0.1) is 12.6 Å². The van der Waals surface area contributed by atoms with Gasteiger partial charge in [0.15, 0.2) is 0 Å². The van der Waals surface area contributed by atoms with E-state index in [1.807, 2.05) is 30.3 Å². The molecule has 5 heteroatoms. The van der Waals surface area contributed by atoms with Gasteiger partial charge < -0.3 is 15.7 Å². The van der Waals surface area contributed by atoms with E-state index >= 15 is 0 Å². The van der Waals surface area contributed by atoms with Crippen molar-refractivity contribution in [3.8, 4) is 0 Å². The van der Waals surface area contributed by atoms with Gasteiger partial charge in [-0.2, -0.15) is 0 Å². The summed E-state index contributed by atoms with van der Waals surface area (Å²) in [5, 5.41) is 9.18. The molecule has 0 aliphatic rings. The van der Waals surface area contributed by atoms with Crippen molar-refractivity contribution in [2.24, 2.45) is 5.73 Å². The van der Waals surface area contributed by atoms with Crippen LogP contribution in [0.5, 0.6) is 0 Å². The molecule has 2 rings (SSSR count). The first-order valence-corrected chi connectivity index (χ1v) is 7.53. The number of carbonyl (C=O) groups excluding carboxylic acids is 1. The monoisotopic (exact) mass is 316 g/mol. The summed E-state index contributed by atoms with van der Waals surface area (Å²) in [4.78, 5) is 14.0. The predicted octanol–water partition coefficient (Wildman–Crippen LogP) is 1.72. The molecule has 1 amide bonds. The quantitative estimate of drug-likeness (QED) is 0.817. The summed E-state index contributed by atoms with van der Waals surface area (Å²) in [6, 6.07) is 14.8. The van der Waals surface area contributed by atoms with E-state index in [9.17, 15) is 14.3 Å². The first kappa shape index (κ1) is 17.1. The van der Waals surface area contributed by atoms with Crippen LogP contribution in [0.25, 0.3) is 0 Å². The standard InChI is InChI=1S/C18H21FN2O2/c19-16-8-6-15(7-9-16)13-21(10-11-22)18(23)17(20)12-14-4-2-1-3-5-14/h1-9,17,22H,10-13,20H2. The number of nitrogens with two attached hydrogens (primary N) is 1. The third-order valence-corrected chi connectivity index (χ3v) is 3.58. The molecule has 0 heterocycles. The lowest BCUT2D eigenvalue weighted by Crippen LogP contribution is -2.45. The Morgan fingerprint density at radius 2 is 1.74 bits per heavy atom. The van der Waals surface area contributed by atoms with Crippen molar-refractivity contribution < 1.29 is 14.3 Å². The summed E-state index contributed by atoms with van der Waals surface area (Å²) < 4.78 is 13.0. The van der Waals surface area contributed by atoms with Crippen LogP contribution in [0.3, 0.4) is 0 Å². The normalized spacial score (nSPS) is 12.0. The number of nitrogens with zero attached hydrogens (tertiary/aromatic N) is 1. The van der Waals surface area contributed by atoms with Crippen LogP contribution >= 0.6 is 0 Å². The van der Waals surface area contributed by atoms with Crippen LogP contribution < -0.4 is 5.73 Å². The minimum Gasteiger partial charge on any atom is -0.395 e. The van der Waals surface area contributed by atoms with Gasteiger partial charge in [-0.15, -0.1) is 0 Å². The molecule has 0 radical (unpaired) electrons. The molecule has 0 aliphatic heterocycles. The summed E-state index contributed by atoms with van der Waals surface area (Å²) in [5.74, 6) is -0.554. The predicted molar refractivity (Wildman–Crippen MR) is 87.0 cm³/mol. The average molecular weight is 316 g/mol. The van der Waals surface area contributed by atoms with Crippen molar-refractivity contribution in [1.29, 1.82) is 0 Å². The van der Waals surface area contributed by atoms with E-state index in [1.165, 1.54) is 17.0 Å². The van der Waals surface area contributed by atoms with Crippen molar-refractivity contribution >= 4 is 5.91 Å². The smallest absolute Gasteiger partial charge is 0.240 e. The van der Waals surface area contributed by atoms with Crippen LogP contribution in [0.1, 0.15) is 11.1 Å². The van der Waals surface area contributed by atoms with E-state index in [2.05, 4.69) is 0 Å². The fraction of sp³-hybridized carbons (Fsp3) is 0.278. The molecule has 4 nitrogen and oxygen atoms in total. The highest BCUT2D eigenvalue weighted by Crippen LogP contribution is 2.10. The highest BCUT2D eigenvalue weighted by atomic mass is 19.1. The van der Waals surface area contributed by atoms with Crippen LogP contribution in [0.2, 0.25) is 0 Å². The van der Waals surface area contributed by atoms with Gasteiger partial charge in [-0.25, -0.2) is 4.39 Å². The molecule has 0 spiro atoms. The fourth-order valence-electron chi connectivity index (χ4n) is 2.39. The van der Waals surface area contributed by atoms with Gasteiger partial charge in [-0.05, 0) is 29.7 Å². The second kappa shape index (κ2) is 8.41. The van der Waals surface area contributed by atoms with Gasteiger partial charge in [0.2, 0.25) is 5.91 Å². The largest absolute Gasteiger partial charge is 0.395 e. The minimum absolute atomic E-state index is 0.148. The van der Waals surface area contributed by atoms with E-state index in [-0.39, 0.29) is 24.9 Å². The SMILES string of the molecule is NC(Cc1ccccc1)C(=O)N(CCO)Cc1ccc(F)cc1. The third-order valence-electron chi connectivity index (χ3n) is 3.58. The zero-order valence-corrected chi connectivity index (χ0v) is 12.9. The fourth-order valence-corrected chi connectivity index (χ4v) is 2.39. The molecule has 2 aromatic carbocycles. The second-order valence-corrected chi connectivity index (χ2v) is 5.41. The zero-order chi connectivity index (χ0) is 16.7. The first-order valence-electron chi connectivity index (χ1n) is 7.53. The number of benzene rings is 2. The summed E-state index contributed by atoms with van der Waals surface area (Å²) in [6.45, 7) is 0.339. The highest BCUT2D eigenvalue weighted by molar-refractivity contribution is 5.82. The van der Waals surface area contributed by atoms with Crippen LogP contribution in [0.15, 0.2) is 54.6 Å². The summed E-state index contributed by atoms with van der Waals surface area (Å²) in [5.41, 5.74) is 7.80. The molecule has 0 saturated carbocycles. The Bertz CT molecular complexity index is 617. The number of carbonyl (C=O) groups is 1. The Morgan fingerprint density at radius 3 is 2.35 bits per heavy atom. The number of amides is 1. The van der Waals surface area contributed by atoms with Crippen LogP contribution in [-0.4, -0.2) is 35.1 Å². The Balaban J connectivity index is 2.03. The van der Waals surface area contributed by atoms with Crippen LogP contribution in [0.4, 0.5) is 4.39 Å². The van der Waals surface area contributed by atoms with Crippen LogP contribution in [0, 0.1) is 5.82 Å². The average Bonchev–Trinajstić information content (AvgIpc) is 2.56. The number of halogens is 1. The first-order chi connectivity index (χ1) is 11.1. The zero-order valence-electron chi connectivity index (χ0n) is 12.9. The van der Waals surface area contributed by atoms with Gasteiger partial charge in [0, 0.05) is 13.1 Å². The molecule has 0 bridgehead atoms. The van der Waals surface area contributed by atoms with E-state index in [0.717, 1.165) is 11.1 Å². The number of rotatable bonds is 7. The molecule has 1 unspecified atom stereocenters. The topological polar surface area (TPSA) is 66.6 Å². The molecule has 122 valence electrons. The minimum atomic E-state index is -0.676. The molecule has 0 aliphatic carbocycles. The van der Waals surface area contributed by atoms with Crippen molar-refractivity contribution in [3.63, 3.8) is 0 Å². The molecule has 23 heavy (non-hydrogen) atoms. The molecule has 0 fully saturated rings. The molecule has 0 aromatic heterocycles. The summed E-state index contributed by atoms with van der Waals surface area (Å²) in [6.07, 6.45) is 0.436. The second-order valence-electron chi connectivity index (χ2n) is 5.41. The van der Waals surface area contributed by atoms with Gasteiger partial charge in [-0.3, -0.25) is 4.79 Å². The number of aliphatic hydroxyl groups is 1. The maximum Gasteiger partial charge on any atom is 0.240 e. The van der Waals surface area contributed by atoms with Gasteiger partial charge in [-0.1, -0.05) is 42.5 Å². The van der Waals surface area contributed by atoms with Crippen LogP contribution in [-0.2, 0) is 17.8 Å². The third kappa shape index (κ3) is 5.16. The summed E-state index contributed by atoms with van der Waals surface area (Å²) in [7, 11) is 0. The Labute approximate surface area is 135 Å². The Hall–Kier alpha value is -2.24. The molecule has 1 atom stereocenters. The van der Waals surface area contributed by atoms with E-state index in [1.54, 1.807) is 12.1 Å². The Kier molecular flexibility index (Phi) is 6.26. The van der Waals surface area contributed by atoms with Crippen molar-refractivity contribution in [2.75, 3.05) is 13.2 Å². The van der Waals surface area contributed by atoms with Gasteiger partial charge in [0.25, 0.3) is 0 Å². The molecule has 0 saturated heterocycles. The lowest BCUT2D eigenvalue weighted by atomic mass is 10.1. The molecular formula is C18H21FN2O2. The number of hydrogen-bond acceptors (Lipinski definition) is 3. The number of aliphatic hydroxyl groups excluding tert-OH is 1. The van der Waals surface area contributed by atoms with Gasteiger partial charge >= 0.3 is 0 Å². The van der Waals surface area contributed by atoms with Crippen molar-refractivity contribution in [2.45, 2.75) is 19.0 Å². The van der Waals surface area contributed by atoms with E-state index in [0.29, 0.717) is 13.0 Å². The lowest BCUT2D eigenvalue weighted by Gasteiger charge is -2.25. The maximum atomic E-state index is 13.0. The highest BCUT2D eigenvalue weighted by Gasteiger charge is 2.21. The van der Waals surface area contributed by atoms with Crippen molar-refractivity contribution in [1.82, 2.24) is 4.90 Å². The molecular weight excluding hydrogens is 295 g/mol. The lowest BCUT2D eigenvalue weighted by molar-refractivity contribution is -0.133. The molecule has 3 N–H and O–H groups in total. The van der Waals surface area contributed by atoms with Crippen molar-refractivity contribution in [3.05, 3.63) is 71.5 Å². The number of hydrogen-bond donors (Lipinski definition) is 2. The molecule has 2 aromatic rings.